The highest BCUT2D eigenvalue weighted by atomic mass is 16.2. The van der Waals surface area contributed by atoms with Gasteiger partial charge in [0.05, 0.1) is 6.04 Å². The van der Waals surface area contributed by atoms with E-state index in [-0.39, 0.29) is 11.9 Å². The highest BCUT2D eigenvalue weighted by molar-refractivity contribution is 5.82. The van der Waals surface area contributed by atoms with Crippen LogP contribution in [0.3, 0.4) is 0 Å². The zero-order valence-corrected chi connectivity index (χ0v) is 11.3. The van der Waals surface area contributed by atoms with E-state index in [9.17, 15) is 4.79 Å². The van der Waals surface area contributed by atoms with Crippen molar-refractivity contribution in [1.29, 1.82) is 0 Å². The van der Waals surface area contributed by atoms with Crippen molar-refractivity contribution in [2.75, 3.05) is 26.2 Å². The molecule has 2 rings (SSSR count). The van der Waals surface area contributed by atoms with E-state index in [1.807, 2.05) is 6.92 Å². The van der Waals surface area contributed by atoms with Gasteiger partial charge < -0.3 is 10.2 Å². The van der Waals surface area contributed by atoms with Crippen molar-refractivity contribution in [1.82, 2.24) is 15.1 Å². The van der Waals surface area contributed by atoms with Crippen molar-refractivity contribution >= 4 is 5.91 Å². The average Bonchev–Trinajstić information content (AvgIpc) is 2.71. The Morgan fingerprint density at radius 2 is 2.12 bits per heavy atom. The molecule has 0 aliphatic carbocycles. The summed E-state index contributed by atoms with van der Waals surface area (Å²) >= 11 is 0. The number of nitrogens with zero attached hydrogens (tertiary/aromatic N) is 2. The van der Waals surface area contributed by atoms with Crippen molar-refractivity contribution in [3.8, 4) is 0 Å². The Labute approximate surface area is 104 Å². The van der Waals surface area contributed by atoms with Gasteiger partial charge in [0.1, 0.15) is 0 Å². The van der Waals surface area contributed by atoms with E-state index in [2.05, 4.69) is 29.0 Å². The van der Waals surface area contributed by atoms with E-state index < -0.39 is 0 Å². The molecule has 98 valence electrons. The van der Waals surface area contributed by atoms with Crippen LogP contribution < -0.4 is 5.32 Å². The number of hydrogen-bond donors (Lipinski definition) is 1. The SMILES string of the molecule is CC1NCCCN(C2CCN(C(C)C)C2)C1=O. The van der Waals surface area contributed by atoms with Gasteiger partial charge in [0, 0.05) is 31.7 Å². The van der Waals surface area contributed by atoms with Crippen molar-refractivity contribution < 1.29 is 4.79 Å². The van der Waals surface area contributed by atoms with Gasteiger partial charge in [-0.2, -0.15) is 0 Å². The topological polar surface area (TPSA) is 35.6 Å². The fraction of sp³-hybridized carbons (Fsp3) is 0.923. The molecule has 2 fully saturated rings. The standard InChI is InChI=1S/C13H25N3O/c1-10(2)15-8-5-12(9-15)16-7-4-6-14-11(3)13(16)17/h10-12,14H,4-9H2,1-3H3. The van der Waals surface area contributed by atoms with Gasteiger partial charge in [-0.15, -0.1) is 0 Å². The third-order valence-corrected chi connectivity index (χ3v) is 4.05. The predicted octanol–water partition coefficient (Wildman–Crippen LogP) is 0.679. The lowest BCUT2D eigenvalue weighted by Gasteiger charge is -2.30. The summed E-state index contributed by atoms with van der Waals surface area (Å²) in [5, 5.41) is 3.28. The molecule has 17 heavy (non-hydrogen) atoms. The number of amides is 1. The van der Waals surface area contributed by atoms with Gasteiger partial charge in [0.15, 0.2) is 0 Å². The maximum Gasteiger partial charge on any atom is 0.239 e. The summed E-state index contributed by atoms with van der Waals surface area (Å²) in [4.78, 5) is 16.8. The summed E-state index contributed by atoms with van der Waals surface area (Å²) in [7, 11) is 0. The van der Waals surface area contributed by atoms with Crippen molar-refractivity contribution in [2.45, 2.75) is 51.7 Å². The summed E-state index contributed by atoms with van der Waals surface area (Å²) < 4.78 is 0. The van der Waals surface area contributed by atoms with Crippen LogP contribution in [-0.2, 0) is 4.79 Å². The molecule has 0 aromatic heterocycles. The molecule has 2 unspecified atom stereocenters. The van der Waals surface area contributed by atoms with Crippen LogP contribution in [0.5, 0.6) is 0 Å². The molecule has 2 atom stereocenters. The van der Waals surface area contributed by atoms with Crippen LogP contribution in [0.2, 0.25) is 0 Å². The molecule has 1 N–H and O–H groups in total. The molecule has 0 saturated carbocycles. The Bertz CT molecular complexity index is 280. The first-order chi connectivity index (χ1) is 8.09. The third-order valence-electron chi connectivity index (χ3n) is 4.05. The van der Waals surface area contributed by atoms with E-state index >= 15 is 0 Å². The van der Waals surface area contributed by atoms with Crippen molar-refractivity contribution in [3.05, 3.63) is 0 Å². The van der Waals surface area contributed by atoms with Crippen molar-refractivity contribution in [2.24, 2.45) is 0 Å². The van der Waals surface area contributed by atoms with E-state index in [4.69, 9.17) is 0 Å². The minimum atomic E-state index is -0.00870. The molecular formula is C13H25N3O. The molecule has 2 aliphatic heterocycles. The number of carbonyl (C=O) groups excluding carboxylic acids is 1. The maximum atomic E-state index is 12.3. The summed E-state index contributed by atoms with van der Waals surface area (Å²) in [5.41, 5.74) is 0. The fourth-order valence-electron chi connectivity index (χ4n) is 2.87. The monoisotopic (exact) mass is 239 g/mol. The van der Waals surface area contributed by atoms with Gasteiger partial charge in [-0.05, 0) is 40.2 Å². The van der Waals surface area contributed by atoms with Gasteiger partial charge in [-0.1, -0.05) is 0 Å². The molecule has 1 amide bonds. The first-order valence-electron chi connectivity index (χ1n) is 6.87. The predicted molar refractivity (Wildman–Crippen MR) is 68.9 cm³/mol. The molecule has 4 nitrogen and oxygen atoms in total. The fourth-order valence-corrected chi connectivity index (χ4v) is 2.87. The molecule has 4 heteroatoms. The van der Waals surface area contributed by atoms with Crippen LogP contribution >= 0.6 is 0 Å². The van der Waals surface area contributed by atoms with Gasteiger partial charge >= 0.3 is 0 Å². The van der Waals surface area contributed by atoms with Gasteiger partial charge in [-0.25, -0.2) is 0 Å². The van der Waals surface area contributed by atoms with Crippen LogP contribution in [0.15, 0.2) is 0 Å². The summed E-state index contributed by atoms with van der Waals surface area (Å²) in [6.45, 7) is 10.5. The van der Waals surface area contributed by atoms with Gasteiger partial charge in [0.2, 0.25) is 5.91 Å². The van der Waals surface area contributed by atoms with Crippen molar-refractivity contribution in [3.63, 3.8) is 0 Å². The lowest BCUT2D eigenvalue weighted by Crippen LogP contribution is -2.48. The van der Waals surface area contributed by atoms with E-state index in [0.717, 1.165) is 39.0 Å². The van der Waals surface area contributed by atoms with E-state index in [1.54, 1.807) is 0 Å². The highest BCUT2D eigenvalue weighted by Gasteiger charge is 2.33. The second-order valence-electron chi connectivity index (χ2n) is 5.59. The number of nitrogens with one attached hydrogen (secondary N) is 1. The molecule has 2 aliphatic rings. The molecule has 2 saturated heterocycles. The molecule has 0 spiro atoms. The Hall–Kier alpha value is -0.610. The lowest BCUT2D eigenvalue weighted by molar-refractivity contribution is -0.134. The highest BCUT2D eigenvalue weighted by Crippen LogP contribution is 2.19. The smallest absolute Gasteiger partial charge is 0.239 e. The Balaban J connectivity index is 1.99. The second kappa shape index (κ2) is 5.36. The lowest BCUT2D eigenvalue weighted by atomic mass is 10.2. The molecule has 0 aromatic rings. The number of likely N-dealkylation sites (tertiary alicyclic amines) is 1. The van der Waals surface area contributed by atoms with Crippen LogP contribution in [0, 0.1) is 0 Å². The third kappa shape index (κ3) is 2.80. The second-order valence-corrected chi connectivity index (χ2v) is 5.59. The molecule has 0 bridgehead atoms. The summed E-state index contributed by atoms with van der Waals surface area (Å²) in [6, 6.07) is 1.02. The van der Waals surface area contributed by atoms with Gasteiger partial charge in [-0.3, -0.25) is 9.69 Å². The van der Waals surface area contributed by atoms with Crippen LogP contribution in [0.4, 0.5) is 0 Å². The Morgan fingerprint density at radius 3 is 2.76 bits per heavy atom. The summed E-state index contributed by atoms with van der Waals surface area (Å²) in [6.07, 6.45) is 2.21. The number of hydrogen-bond acceptors (Lipinski definition) is 3. The Kier molecular flexibility index (Phi) is 4.05. The quantitative estimate of drug-likeness (QED) is 0.770. The zero-order chi connectivity index (χ0) is 12.4. The first-order valence-corrected chi connectivity index (χ1v) is 6.87. The molecular weight excluding hydrogens is 214 g/mol. The first kappa shape index (κ1) is 12.8. The maximum absolute atomic E-state index is 12.3. The van der Waals surface area contributed by atoms with Gasteiger partial charge in [0.25, 0.3) is 0 Å². The molecule has 2 heterocycles. The average molecular weight is 239 g/mol. The zero-order valence-electron chi connectivity index (χ0n) is 11.3. The Morgan fingerprint density at radius 1 is 1.35 bits per heavy atom. The molecule has 0 aromatic carbocycles. The number of carbonyl (C=O) groups is 1. The van der Waals surface area contributed by atoms with Crippen LogP contribution in [0.1, 0.15) is 33.6 Å². The normalized spacial score (nSPS) is 32.2. The van der Waals surface area contributed by atoms with Crippen LogP contribution in [0.25, 0.3) is 0 Å². The number of rotatable bonds is 2. The minimum absolute atomic E-state index is 0.00870. The summed E-state index contributed by atoms with van der Waals surface area (Å²) in [5.74, 6) is 0.290. The van der Waals surface area contributed by atoms with E-state index in [0.29, 0.717) is 12.1 Å². The largest absolute Gasteiger partial charge is 0.337 e. The van der Waals surface area contributed by atoms with E-state index in [1.165, 1.54) is 0 Å². The molecule has 0 radical (unpaired) electrons. The minimum Gasteiger partial charge on any atom is -0.337 e. The van der Waals surface area contributed by atoms with Crippen LogP contribution in [-0.4, -0.2) is 60.0 Å².